The fourth-order valence-corrected chi connectivity index (χ4v) is 2.81. The van der Waals surface area contributed by atoms with Crippen LogP contribution in [-0.2, 0) is 0 Å². The normalized spacial score (nSPS) is 9.62. The standard InChI is InChI=1S/C7H6N2.C7H5NO.C6H5N3.C3H3NO.C2H3N3/c2*1-2-4-7-6(3-1)8-5-9-7;1-2-4-6-5(3-1)7-9-8-6;1-2-5-3-4-1;1-3-2-5-4-1/h1-5H,(H,8,9);1-5H;1-4H,(H,7,8,9);1-3H;1-2H,(H,3,4,5). The highest BCUT2D eigenvalue weighted by atomic mass is 16.3. The molecule has 0 amide bonds. The number of benzene rings is 3. The van der Waals surface area contributed by atoms with Gasteiger partial charge in [-0.1, -0.05) is 36.4 Å². The topological polar surface area (TPSA) is 164 Å². The molecule has 12 heteroatoms. The number of oxazole rings is 2. The van der Waals surface area contributed by atoms with Gasteiger partial charge in [-0.2, -0.15) is 20.5 Å². The van der Waals surface area contributed by atoms with Crippen molar-refractivity contribution in [3.63, 3.8) is 0 Å². The zero-order valence-electron chi connectivity index (χ0n) is 19.4. The molecule has 8 rings (SSSR count). The van der Waals surface area contributed by atoms with Gasteiger partial charge in [0.15, 0.2) is 18.4 Å². The van der Waals surface area contributed by atoms with Crippen molar-refractivity contribution in [3.8, 4) is 0 Å². The highest BCUT2D eigenvalue weighted by Crippen LogP contribution is 2.09. The minimum Gasteiger partial charge on any atom is -0.452 e. The predicted octanol–water partition coefficient (Wildman–Crippen LogP) is 4.83. The minimum absolute atomic E-state index is 0.845. The monoisotopic (exact) mass is 494 g/mol. The van der Waals surface area contributed by atoms with E-state index < -0.39 is 0 Å². The molecule has 0 aliphatic carbocycles. The maximum absolute atomic E-state index is 5.01. The van der Waals surface area contributed by atoms with Crippen LogP contribution >= 0.6 is 0 Å². The zero-order valence-corrected chi connectivity index (χ0v) is 19.4. The Morgan fingerprint density at radius 2 is 1.38 bits per heavy atom. The average Bonchev–Trinajstić information content (AvgIpc) is 3.81. The molecular formula is C25H22N10O2. The molecule has 0 fully saturated rings. The molecule has 8 aromatic rings. The molecule has 0 aliphatic heterocycles. The molecule has 0 spiro atoms. The summed E-state index contributed by atoms with van der Waals surface area (Å²) < 4.78 is 9.48. The van der Waals surface area contributed by atoms with Crippen molar-refractivity contribution in [3.05, 3.63) is 117 Å². The molecular weight excluding hydrogens is 472 g/mol. The number of imidazole rings is 1. The molecule has 5 aromatic heterocycles. The first-order chi connectivity index (χ1) is 18.4. The van der Waals surface area contributed by atoms with E-state index in [1.165, 1.54) is 31.7 Å². The summed E-state index contributed by atoms with van der Waals surface area (Å²) >= 11 is 0. The summed E-state index contributed by atoms with van der Waals surface area (Å²) in [5.74, 6) is 0. The number of H-pyrrole nitrogens is 3. The fourth-order valence-electron chi connectivity index (χ4n) is 2.81. The summed E-state index contributed by atoms with van der Waals surface area (Å²) in [4.78, 5) is 18.1. The fraction of sp³-hybridized carbons (Fsp3) is 0. The van der Waals surface area contributed by atoms with Crippen LogP contribution in [0.25, 0.3) is 33.2 Å². The molecule has 3 aromatic carbocycles. The van der Waals surface area contributed by atoms with Gasteiger partial charge in [-0.3, -0.25) is 5.10 Å². The third kappa shape index (κ3) is 7.96. The highest BCUT2D eigenvalue weighted by Gasteiger charge is 1.92. The molecule has 0 unspecified atom stereocenters. The Labute approximate surface area is 209 Å². The molecule has 0 saturated carbocycles. The predicted molar refractivity (Wildman–Crippen MR) is 137 cm³/mol. The van der Waals surface area contributed by atoms with Gasteiger partial charge in [0.25, 0.3) is 0 Å². The van der Waals surface area contributed by atoms with Crippen LogP contribution in [0.2, 0.25) is 0 Å². The number of para-hydroxylation sites is 6. The summed E-state index contributed by atoms with van der Waals surface area (Å²) in [5.41, 5.74) is 5.71. The Hall–Kier alpha value is -5.65. The average molecular weight is 495 g/mol. The molecule has 5 heterocycles. The van der Waals surface area contributed by atoms with E-state index in [0.29, 0.717) is 0 Å². The molecule has 0 saturated heterocycles. The SMILES string of the molecule is c1ccc2[nH]cnc2c1.c1ccc2n[nH]nc2c1.c1ccc2ocnc2c1.c1cocn1.c1nc[nH]n1. The maximum Gasteiger partial charge on any atom is 0.181 e. The summed E-state index contributed by atoms with van der Waals surface area (Å²) in [6.45, 7) is 0. The third-order valence-electron chi connectivity index (χ3n) is 4.47. The van der Waals surface area contributed by atoms with Crippen molar-refractivity contribution < 1.29 is 8.83 Å². The lowest BCUT2D eigenvalue weighted by molar-refractivity contribution is 0.558. The number of aromatic nitrogens is 10. The Balaban J connectivity index is 0.000000111. The Morgan fingerprint density at radius 3 is 1.95 bits per heavy atom. The van der Waals surface area contributed by atoms with Gasteiger partial charge in [0.2, 0.25) is 0 Å². The number of fused-ring (bicyclic) bond motifs is 3. The van der Waals surface area contributed by atoms with Crippen molar-refractivity contribution in [2.24, 2.45) is 0 Å². The van der Waals surface area contributed by atoms with E-state index in [9.17, 15) is 0 Å². The number of rotatable bonds is 0. The first kappa shape index (κ1) is 24.5. The van der Waals surface area contributed by atoms with E-state index in [1.54, 1.807) is 12.5 Å². The number of aromatic amines is 3. The van der Waals surface area contributed by atoms with E-state index in [0.717, 1.165) is 33.2 Å². The van der Waals surface area contributed by atoms with Crippen LogP contribution in [0.1, 0.15) is 0 Å². The lowest BCUT2D eigenvalue weighted by atomic mass is 10.3. The van der Waals surface area contributed by atoms with Crippen LogP contribution in [0.15, 0.2) is 126 Å². The number of nitrogens with one attached hydrogen (secondary N) is 3. The van der Waals surface area contributed by atoms with E-state index in [4.69, 9.17) is 4.42 Å². The second-order valence-corrected chi connectivity index (χ2v) is 6.88. The zero-order chi connectivity index (χ0) is 25.4. The first-order valence-corrected chi connectivity index (χ1v) is 10.9. The van der Waals surface area contributed by atoms with Crippen molar-refractivity contribution >= 4 is 33.2 Å². The van der Waals surface area contributed by atoms with Gasteiger partial charge < -0.3 is 13.8 Å². The van der Waals surface area contributed by atoms with E-state index in [-0.39, 0.29) is 0 Å². The Morgan fingerprint density at radius 1 is 0.649 bits per heavy atom. The molecule has 0 radical (unpaired) electrons. The number of hydrogen-bond acceptors (Lipinski definition) is 9. The largest absolute Gasteiger partial charge is 0.452 e. The summed E-state index contributed by atoms with van der Waals surface area (Å²) in [7, 11) is 0. The van der Waals surface area contributed by atoms with Crippen LogP contribution in [0.3, 0.4) is 0 Å². The van der Waals surface area contributed by atoms with Crippen LogP contribution < -0.4 is 0 Å². The molecule has 0 bridgehead atoms. The number of hydrogen-bond donors (Lipinski definition) is 3. The van der Waals surface area contributed by atoms with Crippen LogP contribution in [0.5, 0.6) is 0 Å². The van der Waals surface area contributed by atoms with Gasteiger partial charge in [-0.05, 0) is 36.4 Å². The van der Waals surface area contributed by atoms with E-state index in [1.807, 2.05) is 72.8 Å². The van der Waals surface area contributed by atoms with Crippen molar-refractivity contribution in [1.29, 1.82) is 0 Å². The van der Waals surface area contributed by atoms with Gasteiger partial charge in [0.1, 0.15) is 35.5 Å². The van der Waals surface area contributed by atoms with Crippen molar-refractivity contribution in [2.45, 2.75) is 0 Å². The second-order valence-electron chi connectivity index (χ2n) is 6.88. The van der Waals surface area contributed by atoms with Gasteiger partial charge in [-0.25, -0.2) is 19.9 Å². The molecule has 12 nitrogen and oxygen atoms in total. The quantitative estimate of drug-likeness (QED) is 0.268. The lowest BCUT2D eigenvalue weighted by Gasteiger charge is -1.81. The molecule has 0 atom stereocenters. The Bertz CT molecular complexity index is 1350. The second kappa shape index (κ2) is 13.9. The molecule has 3 N–H and O–H groups in total. The van der Waals surface area contributed by atoms with Crippen LogP contribution in [0, 0.1) is 0 Å². The first-order valence-electron chi connectivity index (χ1n) is 10.9. The molecule has 37 heavy (non-hydrogen) atoms. The van der Waals surface area contributed by atoms with Gasteiger partial charge in [0.05, 0.1) is 23.6 Å². The van der Waals surface area contributed by atoms with E-state index in [2.05, 4.69) is 54.9 Å². The van der Waals surface area contributed by atoms with Gasteiger partial charge in [0, 0.05) is 0 Å². The van der Waals surface area contributed by atoms with Gasteiger partial charge >= 0.3 is 0 Å². The highest BCUT2D eigenvalue weighted by molar-refractivity contribution is 5.74. The number of nitrogens with zero attached hydrogens (tertiary/aromatic N) is 7. The minimum atomic E-state index is 0.845. The van der Waals surface area contributed by atoms with E-state index >= 15 is 0 Å². The summed E-state index contributed by atoms with van der Waals surface area (Å²) in [6, 6.07) is 23.3. The molecule has 0 aliphatic rings. The molecule has 184 valence electrons. The Kier molecular flexibility index (Phi) is 9.20. The maximum atomic E-state index is 5.01. The van der Waals surface area contributed by atoms with Gasteiger partial charge in [-0.15, -0.1) is 0 Å². The van der Waals surface area contributed by atoms with Crippen LogP contribution in [-0.4, -0.2) is 50.5 Å². The van der Waals surface area contributed by atoms with Crippen molar-refractivity contribution in [1.82, 2.24) is 50.5 Å². The van der Waals surface area contributed by atoms with Crippen molar-refractivity contribution in [2.75, 3.05) is 0 Å². The summed E-state index contributed by atoms with van der Waals surface area (Å²) in [6.07, 6.45) is 10.6. The third-order valence-corrected chi connectivity index (χ3v) is 4.47. The smallest absolute Gasteiger partial charge is 0.181 e. The van der Waals surface area contributed by atoms with Crippen LogP contribution in [0.4, 0.5) is 0 Å². The lowest BCUT2D eigenvalue weighted by Crippen LogP contribution is -1.63. The summed E-state index contributed by atoms with van der Waals surface area (Å²) in [5, 5.41) is 16.3.